The Balaban J connectivity index is 0.00000456. The molecule has 1 aliphatic rings. The minimum atomic E-state index is -1.16. The second-order valence-corrected chi connectivity index (χ2v) is 7.96. The molecule has 0 radical (unpaired) electrons. The van der Waals surface area contributed by atoms with Gasteiger partial charge >= 0.3 is 12.1 Å². The number of guanidine groups is 1. The maximum atomic E-state index is 12.0. The number of hydrogen-bond acceptors (Lipinski definition) is 7. The Kier molecular flexibility index (Phi) is 12.1. The average Bonchev–Trinajstić information content (AvgIpc) is 2.87. The van der Waals surface area contributed by atoms with Crippen molar-refractivity contribution in [3.8, 4) is 5.75 Å². The average molecular weight is 519 g/mol. The van der Waals surface area contributed by atoms with E-state index in [2.05, 4.69) is 20.9 Å². The number of hydrogen-bond donors (Lipinski definition) is 4. The van der Waals surface area contributed by atoms with Crippen LogP contribution in [0.15, 0.2) is 59.6 Å². The normalized spacial score (nSPS) is 13.2. The van der Waals surface area contributed by atoms with Gasteiger partial charge in [0.05, 0.1) is 6.61 Å². The van der Waals surface area contributed by atoms with E-state index in [1.807, 2.05) is 30.3 Å². The molecular formula is C25H31ClN4O6. The molecular weight excluding hydrogens is 488 g/mol. The lowest BCUT2D eigenvalue weighted by molar-refractivity contribution is -0.139. The molecule has 3 rings (SSSR count). The molecule has 0 bridgehead atoms. The number of nitrogens with zero attached hydrogens (tertiary/aromatic N) is 1. The molecule has 0 aromatic heterocycles. The first-order chi connectivity index (χ1) is 17.0. The van der Waals surface area contributed by atoms with Gasteiger partial charge in [-0.1, -0.05) is 42.5 Å². The van der Waals surface area contributed by atoms with Gasteiger partial charge in [-0.2, -0.15) is 0 Å². The van der Waals surface area contributed by atoms with Gasteiger partial charge in [-0.25, -0.2) is 9.59 Å². The van der Waals surface area contributed by atoms with E-state index in [-0.39, 0.29) is 31.3 Å². The van der Waals surface area contributed by atoms with Gasteiger partial charge in [-0.05, 0) is 36.1 Å². The van der Waals surface area contributed by atoms with Crippen molar-refractivity contribution in [2.24, 2.45) is 4.99 Å². The molecule has 0 spiro atoms. The molecule has 1 aliphatic heterocycles. The third kappa shape index (κ3) is 10.2. The van der Waals surface area contributed by atoms with Crippen molar-refractivity contribution in [1.82, 2.24) is 16.0 Å². The third-order valence-electron chi connectivity index (χ3n) is 5.14. The second-order valence-electron chi connectivity index (χ2n) is 7.96. The van der Waals surface area contributed by atoms with E-state index in [0.717, 1.165) is 18.5 Å². The predicted molar refractivity (Wildman–Crippen MR) is 136 cm³/mol. The lowest BCUT2D eigenvalue weighted by atomic mass is 10.1. The smallest absolute Gasteiger partial charge is 0.408 e. The van der Waals surface area contributed by atoms with Crippen molar-refractivity contribution in [3.05, 3.63) is 65.7 Å². The fourth-order valence-electron chi connectivity index (χ4n) is 3.30. The highest BCUT2D eigenvalue weighted by Crippen LogP contribution is 2.14. The van der Waals surface area contributed by atoms with Gasteiger partial charge in [0.25, 0.3) is 0 Å². The summed E-state index contributed by atoms with van der Waals surface area (Å²) in [4.78, 5) is 39.8. The van der Waals surface area contributed by atoms with E-state index in [0.29, 0.717) is 43.3 Å². The summed E-state index contributed by atoms with van der Waals surface area (Å²) in [5.74, 6) is -0.146. The van der Waals surface area contributed by atoms with Crippen LogP contribution in [0.1, 0.15) is 30.4 Å². The number of aliphatic imine (C=N–C) groups is 1. The number of amides is 2. The number of ether oxygens (including phenoxy) is 2. The number of carboxylic acids is 1. The molecule has 2 aromatic rings. The van der Waals surface area contributed by atoms with Gasteiger partial charge < -0.3 is 25.2 Å². The van der Waals surface area contributed by atoms with Crippen LogP contribution >= 0.6 is 12.4 Å². The zero-order valence-electron chi connectivity index (χ0n) is 19.8. The minimum Gasteiger partial charge on any atom is -0.494 e. The second kappa shape index (κ2) is 15.3. The quantitative estimate of drug-likeness (QED) is 0.335. The fraction of sp³-hybridized carbons (Fsp3) is 0.360. The van der Waals surface area contributed by atoms with Gasteiger partial charge in [0.2, 0.25) is 5.91 Å². The summed E-state index contributed by atoms with van der Waals surface area (Å²) in [7, 11) is 0. The SMILES string of the molecule is Cl.O=C(CCCOc1ccc(C[C@H](NC(=O)OCc2ccccc2)C(=O)O)cc1)NC1=NCCCN1. The van der Waals surface area contributed by atoms with Gasteiger partial charge in [-0.15, -0.1) is 12.4 Å². The number of carbonyl (C=O) groups is 3. The van der Waals surface area contributed by atoms with E-state index >= 15 is 0 Å². The van der Waals surface area contributed by atoms with Crippen LogP contribution < -0.4 is 20.7 Å². The first kappa shape index (κ1) is 28.4. The molecule has 0 saturated carbocycles. The molecule has 0 unspecified atom stereocenters. The zero-order valence-corrected chi connectivity index (χ0v) is 20.6. The Morgan fingerprint density at radius 2 is 1.81 bits per heavy atom. The molecule has 2 amide bonds. The van der Waals surface area contributed by atoms with Crippen molar-refractivity contribution < 1.29 is 29.0 Å². The number of carbonyl (C=O) groups excluding carboxylic acids is 2. The van der Waals surface area contributed by atoms with Crippen LogP contribution in [0.4, 0.5) is 4.79 Å². The fourth-order valence-corrected chi connectivity index (χ4v) is 3.30. The highest BCUT2D eigenvalue weighted by molar-refractivity contribution is 5.97. The van der Waals surface area contributed by atoms with Gasteiger partial charge in [0.15, 0.2) is 5.96 Å². The number of halogens is 1. The van der Waals surface area contributed by atoms with Gasteiger partial charge in [0.1, 0.15) is 18.4 Å². The Labute approximate surface area is 215 Å². The Morgan fingerprint density at radius 3 is 2.47 bits per heavy atom. The van der Waals surface area contributed by atoms with Crippen LogP contribution in [-0.4, -0.2) is 54.8 Å². The van der Waals surface area contributed by atoms with Crippen LogP contribution in [0, 0.1) is 0 Å². The van der Waals surface area contributed by atoms with Crippen molar-refractivity contribution in [2.45, 2.75) is 38.3 Å². The predicted octanol–water partition coefficient (Wildman–Crippen LogP) is 2.66. The number of aliphatic carboxylic acids is 1. The van der Waals surface area contributed by atoms with E-state index in [1.165, 1.54) is 0 Å². The van der Waals surface area contributed by atoms with Crippen molar-refractivity contribution in [3.63, 3.8) is 0 Å². The number of carboxylic acid groups (broad SMARTS) is 1. The van der Waals surface area contributed by atoms with Gasteiger partial charge in [-0.3, -0.25) is 15.1 Å². The molecule has 1 atom stereocenters. The lowest BCUT2D eigenvalue weighted by Crippen LogP contribution is -2.43. The summed E-state index contributed by atoms with van der Waals surface area (Å²) >= 11 is 0. The number of rotatable bonds is 11. The monoisotopic (exact) mass is 518 g/mol. The Morgan fingerprint density at radius 1 is 1.06 bits per heavy atom. The first-order valence-electron chi connectivity index (χ1n) is 11.5. The summed E-state index contributed by atoms with van der Waals surface area (Å²) in [5, 5.41) is 17.6. The molecule has 11 heteroatoms. The Hall–Kier alpha value is -3.79. The molecule has 2 aromatic carbocycles. The van der Waals surface area contributed by atoms with E-state index in [9.17, 15) is 19.5 Å². The summed E-state index contributed by atoms with van der Waals surface area (Å²) in [6, 6.07) is 14.9. The van der Waals surface area contributed by atoms with E-state index in [1.54, 1.807) is 24.3 Å². The number of nitrogens with one attached hydrogen (secondary N) is 3. The van der Waals surface area contributed by atoms with E-state index in [4.69, 9.17) is 9.47 Å². The van der Waals surface area contributed by atoms with Crippen LogP contribution in [0.2, 0.25) is 0 Å². The van der Waals surface area contributed by atoms with Crippen LogP contribution in [0.25, 0.3) is 0 Å². The maximum Gasteiger partial charge on any atom is 0.408 e. The molecule has 1 heterocycles. The van der Waals surface area contributed by atoms with Crippen LogP contribution in [0.5, 0.6) is 5.75 Å². The first-order valence-corrected chi connectivity index (χ1v) is 11.5. The van der Waals surface area contributed by atoms with Crippen molar-refractivity contribution in [2.75, 3.05) is 19.7 Å². The molecule has 0 saturated heterocycles. The summed E-state index contributed by atoms with van der Waals surface area (Å²) in [5.41, 5.74) is 1.52. The highest BCUT2D eigenvalue weighted by atomic mass is 35.5. The van der Waals surface area contributed by atoms with Crippen LogP contribution in [-0.2, 0) is 27.4 Å². The van der Waals surface area contributed by atoms with Crippen LogP contribution in [0.3, 0.4) is 0 Å². The minimum absolute atomic E-state index is 0. The maximum absolute atomic E-state index is 12.0. The lowest BCUT2D eigenvalue weighted by Gasteiger charge is -2.15. The molecule has 194 valence electrons. The van der Waals surface area contributed by atoms with E-state index < -0.39 is 18.1 Å². The number of benzene rings is 2. The van der Waals surface area contributed by atoms with Gasteiger partial charge in [0, 0.05) is 25.9 Å². The number of alkyl carbamates (subject to hydrolysis) is 1. The topological polar surface area (TPSA) is 138 Å². The summed E-state index contributed by atoms with van der Waals surface area (Å²) < 4.78 is 10.8. The summed E-state index contributed by atoms with van der Waals surface area (Å²) in [6.07, 6.45) is 1.10. The molecule has 0 fully saturated rings. The zero-order chi connectivity index (χ0) is 24.9. The molecule has 10 nitrogen and oxygen atoms in total. The standard InChI is InChI=1S/C25H30N4O6.ClH/c30-22(29-24-26-13-5-14-27-24)8-4-15-34-20-11-9-18(10-12-20)16-21(23(31)32)28-25(33)35-17-19-6-2-1-3-7-19;/h1-3,6-7,9-12,21H,4-5,8,13-17H2,(H,28,33)(H,31,32)(H2,26,27,29,30);1H/t21-;/m0./s1. The summed E-state index contributed by atoms with van der Waals surface area (Å²) in [6.45, 7) is 1.93. The van der Waals surface area contributed by atoms with Crippen molar-refractivity contribution >= 4 is 36.3 Å². The Bertz CT molecular complexity index is 1020. The molecule has 36 heavy (non-hydrogen) atoms. The molecule has 0 aliphatic carbocycles. The highest BCUT2D eigenvalue weighted by Gasteiger charge is 2.21. The third-order valence-corrected chi connectivity index (χ3v) is 5.14. The van der Waals surface area contributed by atoms with Crippen molar-refractivity contribution in [1.29, 1.82) is 0 Å². The largest absolute Gasteiger partial charge is 0.494 e. The molecule has 4 N–H and O–H groups in total.